The number of hydrogen-bond donors (Lipinski definition) is 3. The Balaban J connectivity index is 0.000000440. The lowest BCUT2D eigenvalue weighted by Crippen LogP contribution is -2.25. The lowest BCUT2D eigenvalue weighted by Gasteiger charge is -2.15. The Morgan fingerprint density at radius 3 is 2.68 bits per heavy atom. The second-order valence-corrected chi connectivity index (χ2v) is 7.48. The largest absolute Gasteiger partial charge is 0.497 e. The summed E-state index contributed by atoms with van der Waals surface area (Å²) < 4.78 is 39.1. The van der Waals surface area contributed by atoms with E-state index in [1.807, 2.05) is 13.1 Å². The van der Waals surface area contributed by atoms with Crippen LogP contribution < -0.4 is 20.7 Å². The third-order valence-electron chi connectivity index (χ3n) is 5.00. The van der Waals surface area contributed by atoms with Crippen LogP contribution in [0.25, 0.3) is 0 Å². The van der Waals surface area contributed by atoms with Crippen molar-refractivity contribution in [1.29, 1.82) is 5.41 Å². The normalized spacial score (nSPS) is 13.3. The minimum Gasteiger partial charge on any atom is -0.497 e. The van der Waals surface area contributed by atoms with Crippen molar-refractivity contribution < 1.29 is 22.7 Å². The molecule has 0 bridgehead atoms. The lowest BCUT2D eigenvalue weighted by molar-refractivity contribution is -0.135. The quantitative estimate of drug-likeness (QED) is 0.391. The molecular weight excluding hydrogens is 449 g/mol. The van der Waals surface area contributed by atoms with E-state index in [9.17, 15) is 18.0 Å². The standard InChI is InChI=1S/C18H20N6O2.C5H9F3/c1-21-8-11-6-12(26-2)7-13-14(11)9-24(18(13)25)16-5-3-4-15(23-16)17(20)22-10-19;1-2-3-4-5(6,7)8/h3-7,10,21H,8-9H2,1-2H3,(H3,19,20,22);2-4H2,1H3. The maximum absolute atomic E-state index is 12.9. The number of ether oxygens (including phenoxy) is 1. The fourth-order valence-electron chi connectivity index (χ4n) is 3.34. The molecule has 1 aliphatic rings. The highest BCUT2D eigenvalue weighted by Gasteiger charge is 2.32. The molecule has 0 spiro atoms. The number of halogens is 3. The maximum Gasteiger partial charge on any atom is 0.389 e. The third-order valence-corrected chi connectivity index (χ3v) is 5.00. The number of methoxy groups -OCH3 is 1. The van der Waals surface area contributed by atoms with Crippen molar-refractivity contribution in [1.82, 2.24) is 10.3 Å². The van der Waals surface area contributed by atoms with Crippen LogP contribution in [0.5, 0.6) is 5.75 Å². The second kappa shape index (κ2) is 12.1. The summed E-state index contributed by atoms with van der Waals surface area (Å²) in [7, 11) is 3.44. The molecule has 0 fully saturated rings. The number of benzene rings is 1. The van der Waals surface area contributed by atoms with Crippen LogP contribution in [0.2, 0.25) is 0 Å². The molecule has 4 N–H and O–H groups in total. The van der Waals surface area contributed by atoms with Crippen LogP contribution in [-0.2, 0) is 13.1 Å². The number of amidine groups is 1. The number of amides is 1. The first kappa shape index (κ1) is 26.8. The first-order valence-corrected chi connectivity index (χ1v) is 10.7. The number of nitrogens with two attached hydrogens (primary N) is 1. The van der Waals surface area contributed by atoms with Crippen LogP contribution in [0.1, 0.15) is 53.4 Å². The van der Waals surface area contributed by atoms with Gasteiger partial charge in [-0.15, -0.1) is 0 Å². The summed E-state index contributed by atoms with van der Waals surface area (Å²) in [4.78, 5) is 22.7. The van der Waals surface area contributed by atoms with Crippen molar-refractivity contribution in [2.45, 2.75) is 45.5 Å². The van der Waals surface area contributed by atoms with Gasteiger partial charge in [-0.25, -0.2) is 9.98 Å². The molecule has 0 saturated carbocycles. The lowest BCUT2D eigenvalue weighted by atomic mass is 10.0. The molecule has 34 heavy (non-hydrogen) atoms. The molecule has 8 nitrogen and oxygen atoms in total. The molecule has 2 aromatic rings. The number of unbranched alkanes of at least 4 members (excludes halogenated alkanes) is 1. The molecule has 3 rings (SSSR count). The van der Waals surface area contributed by atoms with Gasteiger partial charge in [0.2, 0.25) is 0 Å². The highest BCUT2D eigenvalue weighted by molar-refractivity contribution is 6.10. The van der Waals surface area contributed by atoms with E-state index in [4.69, 9.17) is 15.9 Å². The molecule has 1 aromatic carbocycles. The Morgan fingerprint density at radius 2 is 2.12 bits per heavy atom. The van der Waals surface area contributed by atoms with Gasteiger partial charge in [-0.3, -0.25) is 15.1 Å². The summed E-state index contributed by atoms with van der Waals surface area (Å²) in [5.74, 6) is 1.13. The summed E-state index contributed by atoms with van der Waals surface area (Å²) in [5.41, 5.74) is 8.80. The number of pyridine rings is 1. The van der Waals surface area contributed by atoms with Crippen LogP contribution in [0, 0.1) is 5.41 Å². The number of aromatic nitrogens is 1. The number of nitrogens with zero attached hydrogens (tertiary/aromatic N) is 3. The van der Waals surface area contributed by atoms with E-state index in [1.165, 1.54) is 0 Å². The van der Waals surface area contributed by atoms with Crippen LogP contribution in [0.3, 0.4) is 0 Å². The first-order chi connectivity index (χ1) is 16.1. The predicted octanol–water partition coefficient (Wildman–Crippen LogP) is 4.02. The fourth-order valence-corrected chi connectivity index (χ4v) is 3.34. The van der Waals surface area contributed by atoms with E-state index < -0.39 is 12.6 Å². The van der Waals surface area contributed by atoms with Crippen molar-refractivity contribution in [3.05, 3.63) is 52.7 Å². The van der Waals surface area contributed by atoms with Gasteiger partial charge >= 0.3 is 6.18 Å². The number of carbonyl (C=O) groups is 1. The van der Waals surface area contributed by atoms with Gasteiger partial charge in [0.15, 0.2) is 5.84 Å². The Morgan fingerprint density at radius 1 is 1.38 bits per heavy atom. The topological polar surface area (TPSA) is 117 Å². The molecule has 184 valence electrons. The Labute approximate surface area is 196 Å². The molecule has 0 aliphatic carbocycles. The minimum atomic E-state index is -3.95. The molecule has 0 atom stereocenters. The average molecular weight is 479 g/mol. The number of hydrogen-bond acceptors (Lipinski definition) is 5. The Kier molecular flexibility index (Phi) is 9.55. The summed E-state index contributed by atoms with van der Waals surface area (Å²) in [6.07, 6.45) is -2.86. The van der Waals surface area contributed by atoms with Crippen molar-refractivity contribution in [2.75, 3.05) is 19.1 Å². The highest BCUT2D eigenvalue weighted by atomic mass is 19.4. The van der Waals surface area contributed by atoms with Crippen molar-refractivity contribution in [2.24, 2.45) is 10.7 Å². The van der Waals surface area contributed by atoms with Gasteiger partial charge in [0, 0.05) is 18.5 Å². The number of aliphatic imine (C=N–C) groups is 1. The summed E-state index contributed by atoms with van der Waals surface area (Å²) in [5, 5.41) is 10.1. The zero-order valence-corrected chi connectivity index (χ0v) is 19.4. The number of nitrogens with one attached hydrogen (secondary N) is 2. The number of anilines is 1. The van der Waals surface area contributed by atoms with Crippen LogP contribution in [-0.4, -0.2) is 43.4 Å². The van der Waals surface area contributed by atoms with E-state index >= 15 is 0 Å². The molecule has 1 amide bonds. The molecule has 1 aromatic heterocycles. The van der Waals surface area contributed by atoms with E-state index in [-0.39, 0.29) is 18.2 Å². The Hall–Kier alpha value is -3.47. The molecule has 11 heteroatoms. The van der Waals surface area contributed by atoms with Crippen molar-refractivity contribution in [3.63, 3.8) is 0 Å². The fraction of sp³-hybridized carbons (Fsp3) is 0.391. The first-order valence-electron chi connectivity index (χ1n) is 10.7. The van der Waals surface area contributed by atoms with E-state index in [0.29, 0.717) is 42.3 Å². The minimum absolute atomic E-state index is 0.128. The molecular formula is C23H29F3N6O2. The van der Waals surface area contributed by atoms with Gasteiger partial charge < -0.3 is 15.8 Å². The maximum atomic E-state index is 12.9. The zero-order valence-electron chi connectivity index (χ0n) is 19.4. The van der Waals surface area contributed by atoms with Gasteiger partial charge in [-0.1, -0.05) is 19.4 Å². The molecule has 2 heterocycles. The molecule has 0 unspecified atom stereocenters. The average Bonchev–Trinajstić information content (AvgIpc) is 3.14. The number of carbonyl (C=O) groups excluding carboxylic acids is 1. The molecule has 0 saturated heterocycles. The van der Waals surface area contributed by atoms with Crippen LogP contribution in [0.15, 0.2) is 35.3 Å². The number of alkyl halides is 3. The molecule has 1 aliphatic heterocycles. The third kappa shape index (κ3) is 7.01. The van der Waals surface area contributed by atoms with Crippen molar-refractivity contribution in [3.8, 4) is 5.75 Å². The van der Waals surface area contributed by atoms with Gasteiger partial charge in [0.1, 0.15) is 23.6 Å². The van der Waals surface area contributed by atoms with Crippen molar-refractivity contribution >= 4 is 23.9 Å². The monoisotopic (exact) mass is 478 g/mol. The zero-order chi connectivity index (χ0) is 25.3. The summed E-state index contributed by atoms with van der Waals surface area (Å²) in [6, 6.07) is 8.89. The van der Waals surface area contributed by atoms with E-state index in [0.717, 1.165) is 17.5 Å². The van der Waals surface area contributed by atoms with E-state index in [2.05, 4.69) is 15.3 Å². The van der Waals surface area contributed by atoms with Crippen LogP contribution in [0.4, 0.5) is 19.0 Å². The van der Waals surface area contributed by atoms with Gasteiger partial charge in [0.05, 0.1) is 13.7 Å². The molecule has 0 radical (unpaired) electrons. The predicted molar refractivity (Wildman–Crippen MR) is 126 cm³/mol. The Bertz CT molecular complexity index is 1040. The number of rotatable bonds is 8. The number of fused-ring (bicyclic) bond motifs is 1. The highest BCUT2D eigenvalue weighted by Crippen LogP contribution is 2.33. The SMILES string of the molecule is CCCCC(F)(F)F.CNCc1cc(OC)cc2c1CN(c1cccc(C(N)=NC=N)n1)C2=O. The van der Waals surface area contributed by atoms with Gasteiger partial charge in [-0.05, 0) is 48.9 Å². The second-order valence-electron chi connectivity index (χ2n) is 7.48. The van der Waals surface area contributed by atoms with Crippen LogP contribution >= 0.6 is 0 Å². The van der Waals surface area contributed by atoms with E-state index in [1.54, 1.807) is 43.2 Å². The summed E-state index contributed by atoms with van der Waals surface area (Å²) >= 11 is 0. The summed E-state index contributed by atoms with van der Waals surface area (Å²) in [6.45, 7) is 2.80. The smallest absolute Gasteiger partial charge is 0.389 e. The van der Waals surface area contributed by atoms with Gasteiger partial charge in [0.25, 0.3) is 5.91 Å². The van der Waals surface area contributed by atoms with Gasteiger partial charge in [-0.2, -0.15) is 13.2 Å².